The number of nitrogens with zero attached hydrogens (tertiary/aromatic N) is 3. The van der Waals surface area contributed by atoms with Crippen molar-refractivity contribution in [2.24, 2.45) is 0 Å². The fourth-order valence-electron chi connectivity index (χ4n) is 2.21. The number of anilines is 1. The number of hydrogen-bond acceptors (Lipinski definition) is 4. The molecular formula is C12H11Cl3N4. The number of aromatic nitrogens is 2. The predicted octanol–water partition coefficient (Wildman–Crippen LogP) is 3.00. The molecule has 4 nitrogen and oxygen atoms in total. The summed E-state index contributed by atoms with van der Waals surface area (Å²) >= 11 is 18.2. The molecule has 0 saturated carbocycles. The van der Waals surface area contributed by atoms with Crippen LogP contribution in [0, 0.1) is 0 Å². The van der Waals surface area contributed by atoms with Crippen LogP contribution in [-0.4, -0.2) is 36.4 Å². The Bertz CT molecular complexity index is 626. The molecule has 1 saturated heterocycles. The Labute approximate surface area is 125 Å². The average Bonchev–Trinajstić information content (AvgIpc) is 2.42. The first-order chi connectivity index (χ1) is 9.16. The van der Waals surface area contributed by atoms with E-state index < -0.39 is 0 Å². The second-order valence-electron chi connectivity index (χ2n) is 4.36. The smallest absolute Gasteiger partial charge is 0.159 e. The number of fused-ring (bicyclic) bond motifs is 1. The third kappa shape index (κ3) is 2.46. The van der Waals surface area contributed by atoms with Crippen molar-refractivity contribution in [2.45, 2.75) is 0 Å². The molecule has 0 bridgehead atoms. The second-order valence-corrected chi connectivity index (χ2v) is 5.54. The Morgan fingerprint density at radius 3 is 2.26 bits per heavy atom. The Morgan fingerprint density at radius 1 is 0.947 bits per heavy atom. The van der Waals surface area contributed by atoms with Crippen LogP contribution >= 0.6 is 34.8 Å². The van der Waals surface area contributed by atoms with Gasteiger partial charge in [0.2, 0.25) is 0 Å². The summed E-state index contributed by atoms with van der Waals surface area (Å²) in [5, 5.41) is 14.5. The van der Waals surface area contributed by atoms with Gasteiger partial charge in [-0.2, -0.15) is 0 Å². The number of nitrogens with one attached hydrogen (secondary N) is 1. The third-order valence-corrected chi connectivity index (χ3v) is 4.17. The maximum atomic E-state index is 6.10. The van der Waals surface area contributed by atoms with Gasteiger partial charge in [-0.3, -0.25) is 0 Å². The zero-order valence-corrected chi connectivity index (χ0v) is 12.2. The molecule has 1 fully saturated rings. The molecule has 3 rings (SSSR count). The summed E-state index contributed by atoms with van der Waals surface area (Å²) in [6.45, 7) is 3.61. The van der Waals surface area contributed by atoms with E-state index in [1.165, 1.54) is 0 Å². The minimum absolute atomic E-state index is 0.340. The molecule has 100 valence electrons. The van der Waals surface area contributed by atoms with Crippen molar-refractivity contribution in [2.75, 3.05) is 31.1 Å². The van der Waals surface area contributed by atoms with Gasteiger partial charge in [0.15, 0.2) is 11.0 Å². The molecule has 7 heteroatoms. The van der Waals surface area contributed by atoms with E-state index in [4.69, 9.17) is 34.8 Å². The maximum Gasteiger partial charge on any atom is 0.159 e. The van der Waals surface area contributed by atoms with Crippen LogP contribution in [0.2, 0.25) is 15.2 Å². The van der Waals surface area contributed by atoms with Gasteiger partial charge in [0.1, 0.15) is 0 Å². The van der Waals surface area contributed by atoms with Crippen LogP contribution in [0.3, 0.4) is 0 Å². The highest BCUT2D eigenvalue weighted by molar-refractivity contribution is 6.43. The van der Waals surface area contributed by atoms with Crippen LogP contribution in [0.5, 0.6) is 0 Å². The molecule has 0 aliphatic carbocycles. The standard InChI is InChI=1S/C12H11Cl3N4/c13-9-5-7-8(6-10(9)14)12(18-17-11(7)15)19-3-1-16-2-4-19/h5-6,16H,1-4H2. The van der Waals surface area contributed by atoms with E-state index in [1.54, 1.807) is 12.1 Å². The summed E-state index contributed by atoms with van der Waals surface area (Å²) in [4.78, 5) is 2.17. The molecule has 1 N–H and O–H groups in total. The molecule has 19 heavy (non-hydrogen) atoms. The highest BCUT2D eigenvalue weighted by atomic mass is 35.5. The molecule has 0 atom stereocenters. The van der Waals surface area contributed by atoms with Gasteiger partial charge < -0.3 is 10.2 Å². The molecule has 0 amide bonds. The predicted molar refractivity (Wildman–Crippen MR) is 79.7 cm³/mol. The molecule has 2 heterocycles. The van der Waals surface area contributed by atoms with E-state index in [2.05, 4.69) is 20.4 Å². The Kier molecular flexibility index (Phi) is 3.67. The fourth-order valence-corrected chi connectivity index (χ4v) is 2.73. The highest BCUT2D eigenvalue weighted by Crippen LogP contribution is 2.34. The molecule has 1 aromatic heterocycles. The van der Waals surface area contributed by atoms with Gasteiger partial charge in [-0.05, 0) is 12.1 Å². The van der Waals surface area contributed by atoms with Gasteiger partial charge >= 0.3 is 0 Å². The largest absolute Gasteiger partial charge is 0.352 e. The van der Waals surface area contributed by atoms with Crippen molar-refractivity contribution in [1.29, 1.82) is 0 Å². The van der Waals surface area contributed by atoms with Crippen molar-refractivity contribution in [3.63, 3.8) is 0 Å². The average molecular weight is 318 g/mol. The number of halogens is 3. The van der Waals surface area contributed by atoms with Gasteiger partial charge in [-0.1, -0.05) is 34.8 Å². The zero-order chi connectivity index (χ0) is 13.4. The molecule has 1 aromatic carbocycles. The molecule has 0 radical (unpaired) electrons. The highest BCUT2D eigenvalue weighted by Gasteiger charge is 2.18. The SMILES string of the molecule is Clc1cc2c(Cl)nnc(N3CCNCC3)c2cc1Cl. The quantitative estimate of drug-likeness (QED) is 0.878. The van der Waals surface area contributed by atoms with Crippen molar-refractivity contribution in [1.82, 2.24) is 15.5 Å². The Balaban J connectivity index is 2.19. The van der Waals surface area contributed by atoms with E-state index in [0.717, 1.165) is 42.8 Å². The third-order valence-electron chi connectivity index (χ3n) is 3.17. The second kappa shape index (κ2) is 5.29. The topological polar surface area (TPSA) is 41.1 Å². The summed E-state index contributed by atoms with van der Waals surface area (Å²) in [7, 11) is 0. The van der Waals surface area contributed by atoms with Crippen LogP contribution in [0.25, 0.3) is 10.8 Å². The van der Waals surface area contributed by atoms with Gasteiger partial charge in [-0.25, -0.2) is 0 Å². The first-order valence-electron chi connectivity index (χ1n) is 5.93. The summed E-state index contributed by atoms with van der Waals surface area (Å²) in [5.41, 5.74) is 0. The van der Waals surface area contributed by atoms with E-state index in [9.17, 15) is 0 Å². The van der Waals surface area contributed by atoms with Gasteiger partial charge in [-0.15, -0.1) is 10.2 Å². The number of benzene rings is 1. The minimum atomic E-state index is 0.340. The van der Waals surface area contributed by atoms with Crippen LogP contribution < -0.4 is 10.2 Å². The summed E-state index contributed by atoms with van der Waals surface area (Å²) in [6, 6.07) is 3.54. The summed E-state index contributed by atoms with van der Waals surface area (Å²) in [6.07, 6.45) is 0. The lowest BCUT2D eigenvalue weighted by Crippen LogP contribution is -2.44. The van der Waals surface area contributed by atoms with Crippen molar-refractivity contribution in [3.8, 4) is 0 Å². The number of rotatable bonds is 1. The molecule has 0 unspecified atom stereocenters. The molecule has 0 spiro atoms. The summed E-state index contributed by atoms with van der Waals surface area (Å²) < 4.78 is 0. The number of hydrogen-bond donors (Lipinski definition) is 1. The lowest BCUT2D eigenvalue weighted by Gasteiger charge is -2.28. The van der Waals surface area contributed by atoms with E-state index in [-0.39, 0.29) is 0 Å². The van der Waals surface area contributed by atoms with Gasteiger partial charge in [0, 0.05) is 37.0 Å². The van der Waals surface area contributed by atoms with Gasteiger partial charge in [0.25, 0.3) is 0 Å². The maximum absolute atomic E-state index is 6.10. The van der Waals surface area contributed by atoms with E-state index in [1.807, 2.05) is 0 Å². The van der Waals surface area contributed by atoms with Crippen molar-refractivity contribution >= 4 is 51.4 Å². The zero-order valence-electron chi connectivity index (χ0n) is 9.96. The van der Waals surface area contributed by atoms with E-state index >= 15 is 0 Å². The molecule has 1 aliphatic rings. The lowest BCUT2D eigenvalue weighted by molar-refractivity contribution is 0.584. The van der Waals surface area contributed by atoms with Crippen molar-refractivity contribution < 1.29 is 0 Å². The summed E-state index contributed by atoms with van der Waals surface area (Å²) in [5.74, 6) is 0.805. The Hall–Kier alpha value is -0.810. The van der Waals surface area contributed by atoms with Crippen LogP contribution in [-0.2, 0) is 0 Å². The monoisotopic (exact) mass is 316 g/mol. The minimum Gasteiger partial charge on any atom is -0.352 e. The molecular weight excluding hydrogens is 307 g/mol. The Morgan fingerprint density at radius 2 is 1.58 bits per heavy atom. The van der Waals surface area contributed by atoms with Crippen LogP contribution in [0.15, 0.2) is 12.1 Å². The van der Waals surface area contributed by atoms with Crippen LogP contribution in [0.1, 0.15) is 0 Å². The fraction of sp³-hybridized carbons (Fsp3) is 0.333. The first-order valence-corrected chi connectivity index (χ1v) is 7.07. The first kappa shape index (κ1) is 13.2. The normalized spacial score (nSPS) is 16.1. The number of piperazine rings is 1. The molecule has 1 aliphatic heterocycles. The molecule has 2 aromatic rings. The van der Waals surface area contributed by atoms with Crippen LogP contribution in [0.4, 0.5) is 5.82 Å². The van der Waals surface area contributed by atoms with Gasteiger partial charge in [0.05, 0.1) is 10.0 Å². The van der Waals surface area contributed by atoms with E-state index in [0.29, 0.717) is 15.2 Å². The lowest BCUT2D eigenvalue weighted by atomic mass is 10.1. The van der Waals surface area contributed by atoms with Crippen molar-refractivity contribution in [3.05, 3.63) is 27.3 Å².